The third-order valence-corrected chi connectivity index (χ3v) is 2.57. The van der Waals surface area contributed by atoms with Crippen molar-refractivity contribution in [3.63, 3.8) is 0 Å². The topological polar surface area (TPSA) is 81.8 Å². The Kier molecular flexibility index (Phi) is 6.92. The highest BCUT2D eigenvalue weighted by molar-refractivity contribution is 5.75. The summed E-state index contributed by atoms with van der Waals surface area (Å²) in [5.74, 6) is -0.0353. The minimum Gasteiger partial charge on any atom is -0.508 e. The van der Waals surface area contributed by atoms with Gasteiger partial charge >= 0.3 is 5.97 Å². The zero-order chi connectivity index (χ0) is 14.1. The van der Waals surface area contributed by atoms with Gasteiger partial charge in [-0.05, 0) is 31.9 Å². The summed E-state index contributed by atoms with van der Waals surface area (Å²) in [5, 5.41) is 8.63. The van der Waals surface area contributed by atoms with Crippen LogP contribution in [0.1, 0.15) is 19.8 Å². The van der Waals surface area contributed by atoms with Crippen molar-refractivity contribution < 1.29 is 19.4 Å². The maximum atomic E-state index is 11.1. The van der Waals surface area contributed by atoms with Gasteiger partial charge in [-0.1, -0.05) is 18.2 Å². The van der Waals surface area contributed by atoms with Gasteiger partial charge in [-0.25, -0.2) is 0 Å². The van der Waals surface area contributed by atoms with Crippen LogP contribution < -0.4 is 5.73 Å². The summed E-state index contributed by atoms with van der Waals surface area (Å²) in [7, 11) is 0. The Balaban J connectivity index is 0.000000218. The first-order chi connectivity index (χ1) is 9.09. The van der Waals surface area contributed by atoms with E-state index in [2.05, 4.69) is 0 Å². The molecule has 1 saturated heterocycles. The number of hydrogen-bond donors (Lipinski definition) is 2. The molecule has 106 valence electrons. The number of carbonyl (C=O) groups is 1. The van der Waals surface area contributed by atoms with Gasteiger partial charge in [-0.3, -0.25) is 4.79 Å². The van der Waals surface area contributed by atoms with Crippen molar-refractivity contribution in [3.8, 4) is 5.75 Å². The van der Waals surface area contributed by atoms with Crippen molar-refractivity contribution in [1.29, 1.82) is 0 Å². The molecule has 0 bridgehead atoms. The van der Waals surface area contributed by atoms with Gasteiger partial charge in [0.1, 0.15) is 11.8 Å². The summed E-state index contributed by atoms with van der Waals surface area (Å²) < 4.78 is 10.2. The van der Waals surface area contributed by atoms with Crippen molar-refractivity contribution in [1.82, 2.24) is 0 Å². The van der Waals surface area contributed by atoms with Gasteiger partial charge < -0.3 is 20.3 Å². The van der Waals surface area contributed by atoms with Crippen LogP contribution in [-0.2, 0) is 14.3 Å². The molecule has 1 aromatic carbocycles. The molecule has 0 amide bonds. The Morgan fingerprint density at radius 2 is 2.00 bits per heavy atom. The molecule has 0 radical (unpaired) electrons. The van der Waals surface area contributed by atoms with E-state index in [0.29, 0.717) is 12.4 Å². The van der Waals surface area contributed by atoms with E-state index >= 15 is 0 Å². The van der Waals surface area contributed by atoms with Gasteiger partial charge in [0.15, 0.2) is 0 Å². The molecule has 1 fully saturated rings. The van der Waals surface area contributed by atoms with Gasteiger partial charge in [0.2, 0.25) is 0 Å². The average Bonchev–Trinajstić information content (AvgIpc) is 2.45. The Bertz CT molecular complexity index is 369. The standard InChI is InChI=1S/C8H15NO3.C6H6O/c1-6-3-2-4-11-5-7(9)8(10)12-6;7-6-4-2-1-3-5-6/h6-7H,2-5,9H2,1H3;1-5,7H/t6?,7-;/m0./s1. The van der Waals surface area contributed by atoms with Crippen molar-refractivity contribution in [2.45, 2.75) is 31.9 Å². The number of esters is 1. The van der Waals surface area contributed by atoms with E-state index in [1.54, 1.807) is 24.3 Å². The second-order valence-electron chi connectivity index (χ2n) is 4.41. The number of phenols is 1. The lowest BCUT2D eigenvalue weighted by molar-refractivity contribution is -0.150. The number of ether oxygens (including phenoxy) is 2. The fourth-order valence-electron chi connectivity index (χ4n) is 1.52. The molecule has 1 aromatic rings. The molecule has 3 N–H and O–H groups in total. The summed E-state index contributed by atoms with van der Waals surface area (Å²) in [6.45, 7) is 2.80. The lowest BCUT2D eigenvalue weighted by Gasteiger charge is -2.13. The van der Waals surface area contributed by atoms with Crippen LogP contribution in [-0.4, -0.2) is 36.4 Å². The molecular weight excluding hydrogens is 246 g/mol. The molecule has 19 heavy (non-hydrogen) atoms. The molecule has 2 rings (SSSR count). The van der Waals surface area contributed by atoms with E-state index in [0.717, 1.165) is 12.8 Å². The third-order valence-electron chi connectivity index (χ3n) is 2.57. The van der Waals surface area contributed by atoms with E-state index in [1.165, 1.54) is 0 Å². The number of nitrogens with two attached hydrogens (primary N) is 1. The summed E-state index contributed by atoms with van der Waals surface area (Å²) in [6.07, 6.45) is 1.73. The highest BCUT2D eigenvalue weighted by Gasteiger charge is 2.19. The van der Waals surface area contributed by atoms with Crippen LogP contribution in [0.15, 0.2) is 30.3 Å². The van der Waals surface area contributed by atoms with E-state index in [4.69, 9.17) is 20.3 Å². The van der Waals surface area contributed by atoms with Crippen molar-refractivity contribution in [2.24, 2.45) is 5.73 Å². The van der Waals surface area contributed by atoms with Crippen LogP contribution >= 0.6 is 0 Å². The number of rotatable bonds is 0. The largest absolute Gasteiger partial charge is 0.508 e. The quantitative estimate of drug-likeness (QED) is 0.695. The molecule has 1 aliphatic heterocycles. The van der Waals surface area contributed by atoms with Crippen LogP contribution in [0.3, 0.4) is 0 Å². The third kappa shape index (κ3) is 6.79. The molecule has 2 atom stereocenters. The number of carbonyl (C=O) groups excluding carboxylic acids is 1. The SMILES string of the molecule is CC1CCCOC[C@H](N)C(=O)O1.Oc1ccccc1. The fourth-order valence-corrected chi connectivity index (χ4v) is 1.52. The summed E-state index contributed by atoms with van der Waals surface area (Å²) >= 11 is 0. The minimum absolute atomic E-state index is 0.0368. The number of cyclic esters (lactones) is 1. The minimum atomic E-state index is -0.620. The zero-order valence-electron chi connectivity index (χ0n) is 11.1. The molecule has 0 aliphatic carbocycles. The predicted octanol–water partition coefficient (Wildman–Crippen LogP) is 1.45. The molecule has 0 spiro atoms. The van der Waals surface area contributed by atoms with Crippen LogP contribution in [0, 0.1) is 0 Å². The monoisotopic (exact) mass is 267 g/mol. The Labute approximate surface area is 113 Å². The van der Waals surface area contributed by atoms with Gasteiger partial charge in [0, 0.05) is 6.61 Å². The number of hydrogen-bond acceptors (Lipinski definition) is 5. The molecule has 1 heterocycles. The Morgan fingerprint density at radius 3 is 2.58 bits per heavy atom. The molecule has 0 saturated carbocycles. The van der Waals surface area contributed by atoms with Gasteiger partial charge in [0.05, 0.1) is 12.7 Å². The number of aromatic hydroxyl groups is 1. The number of phenolic OH excluding ortho intramolecular Hbond substituents is 1. The summed E-state index contributed by atoms with van der Waals surface area (Å²) in [6, 6.07) is 8.09. The summed E-state index contributed by atoms with van der Waals surface area (Å²) in [4.78, 5) is 11.1. The van der Waals surface area contributed by atoms with Gasteiger partial charge in [-0.2, -0.15) is 0 Å². The lowest BCUT2D eigenvalue weighted by Crippen LogP contribution is -2.37. The van der Waals surface area contributed by atoms with Crippen LogP contribution in [0.5, 0.6) is 5.75 Å². The predicted molar refractivity (Wildman–Crippen MR) is 71.7 cm³/mol. The second-order valence-corrected chi connectivity index (χ2v) is 4.41. The fraction of sp³-hybridized carbons (Fsp3) is 0.500. The Hall–Kier alpha value is -1.59. The van der Waals surface area contributed by atoms with Crippen molar-refractivity contribution in [2.75, 3.05) is 13.2 Å². The highest BCUT2D eigenvalue weighted by Crippen LogP contribution is 2.06. The maximum Gasteiger partial charge on any atom is 0.325 e. The van der Waals surface area contributed by atoms with Gasteiger partial charge in [-0.15, -0.1) is 0 Å². The van der Waals surface area contributed by atoms with E-state index in [9.17, 15) is 4.79 Å². The maximum absolute atomic E-state index is 11.1. The van der Waals surface area contributed by atoms with Crippen LogP contribution in [0.2, 0.25) is 0 Å². The molecule has 1 aliphatic rings. The van der Waals surface area contributed by atoms with E-state index in [1.807, 2.05) is 13.0 Å². The normalized spacial score (nSPS) is 24.0. The first-order valence-electron chi connectivity index (χ1n) is 6.37. The second kappa shape index (κ2) is 8.50. The summed E-state index contributed by atoms with van der Waals surface area (Å²) in [5.41, 5.74) is 5.48. The highest BCUT2D eigenvalue weighted by atomic mass is 16.5. The first kappa shape index (κ1) is 15.5. The lowest BCUT2D eigenvalue weighted by atomic mass is 10.2. The molecule has 5 nitrogen and oxygen atoms in total. The van der Waals surface area contributed by atoms with E-state index in [-0.39, 0.29) is 18.7 Å². The van der Waals surface area contributed by atoms with E-state index < -0.39 is 6.04 Å². The smallest absolute Gasteiger partial charge is 0.325 e. The van der Waals surface area contributed by atoms with Crippen molar-refractivity contribution in [3.05, 3.63) is 30.3 Å². The average molecular weight is 267 g/mol. The van der Waals surface area contributed by atoms with Crippen molar-refractivity contribution >= 4 is 5.97 Å². The molecule has 5 heteroatoms. The molecular formula is C14H21NO4. The Morgan fingerprint density at radius 1 is 1.32 bits per heavy atom. The number of benzene rings is 1. The van der Waals surface area contributed by atoms with Crippen LogP contribution in [0.4, 0.5) is 0 Å². The first-order valence-corrected chi connectivity index (χ1v) is 6.37. The van der Waals surface area contributed by atoms with Gasteiger partial charge in [0.25, 0.3) is 0 Å². The zero-order valence-corrected chi connectivity index (χ0v) is 11.1. The van der Waals surface area contributed by atoms with Crippen LogP contribution in [0.25, 0.3) is 0 Å². The molecule has 0 aromatic heterocycles. The molecule has 1 unspecified atom stereocenters. The number of para-hydroxylation sites is 1.